The standard InChI is InChI=1S/C23H20N2O2/c1-14-8-10-17(11-9-14)13-25-16(3)20(15(2)24-25)12-21-22(26)18-6-4-5-7-19(18)23(21)27/h4-12H,13H2,1-3H3. The minimum absolute atomic E-state index is 0.208. The maximum Gasteiger partial charge on any atom is 0.197 e. The average molecular weight is 356 g/mol. The van der Waals surface area contributed by atoms with Gasteiger partial charge in [0.25, 0.3) is 0 Å². The summed E-state index contributed by atoms with van der Waals surface area (Å²) in [7, 11) is 0. The summed E-state index contributed by atoms with van der Waals surface area (Å²) in [4.78, 5) is 25.3. The molecule has 27 heavy (non-hydrogen) atoms. The van der Waals surface area contributed by atoms with Crippen molar-refractivity contribution in [2.24, 2.45) is 0 Å². The van der Waals surface area contributed by atoms with E-state index in [1.807, 2.05) is 18.5 Å². The number of benzene rings is 2. The predicted molar refractivity (Wildman–Crippen MR) is 105 cm³/mol. The first kappa shape index (κ1) is 17.2. The number of Topliss-reactive ketones (excluding diaryl/α,β-unsaturated/α-hetero) is 2. The molecule has 2 aromatic carbocycles. The third-order valence-corrected chi connectivity index (χ3v) is 5.08. The van der Waals surface area contributed by atoms with Crippen LogP contribution in [0.5, 0.6) is 0 Å². The number of fused-ring (bicyclic) bond motifs is 1. The zero-order chi connectivity index (χ0) is 19.1. The lowest BCUT2D eigenvalue weighted by molar-refractivity contribution is 0.0990. The van der Waals surface area contributed by atoms with Gasteiger partial charge in [0.15, 0.2) is 11.6 Å². The Kier molecular flexibility index (Phi) is 4.11. The molecular formula is C23H20N2O2. The lowest BCUT2D eigenvalue weighted by Gasteiger charge is -2.05. The molecule has 0 saturated carbocycles. The van der Waals surface area contributed by atoms with Crippen LogP contribution in [-0.2, 0) is 6.54 Å². The molecule has 0 unspecified atom stereocenters. The Morgan fingerprint density at radius 1 is 0.889 bits per heavy atom. The van der Waals surface area contributed by atoms with Crippen LogP contribution < -0.4 is 0 Å². The third kappa shape index (κ3) is 2.93. The molecule has 0 atom stereocenters. The van der Waals surface area contributed by atoms with Crippen molar-refractivity contribution >= 4 is 17.6 Å². The summed E-state index contributed by atoms with van der Waals surface area (Å²) in [5, 5.41) is 4.62. The molecule has 0 fully saturated rings. The van der Waals surface area contributed by atoms with Crippen LogP contribution in [0, 0.1) is 20.8 Å². The number of nitrogens with zero attached hydrogens (tertiary/aromatic N) is 2. The van der Waals surface area contributed by atoms with Crippen molar-refractivity contribution in [1.82, 2.24) is 9.78 Å². The molecule has 0 spiro atoms. The molecule has 0 bridgehead atoms. The number of rotatable bonds is 3. The number of hydrogen-bond donors (Lipinski definition) is 0. The molecule has 4 nitrogen and oxygen atoms in total. The van der Waals surface area contributed by atoms with Gasteiger partial charge in [-0.3, -0.25) is 14.3 Å². The number of allylic oxidation sites excluding steroid dienone is 1. The number of carbonyl (C=O) groups is 2. The fourth-order valence-corrected chi connectivity index (χ4v) is 3.49. The Morgan fingerprint density at radius 3 is 2.07 bits per heavy atom. The Morgan fingerprint density at radius 2 is 1.48 bits per heavy atom. The molecule has 1 aliphatic rings. The highest BCUT2D eigenvalue weighted by Gasteiger charge is 2.33. The lowest BCUT2D eigenvalue weighted by atomic mass is 10.1. The lowest BCUT2D eigenvalue weighted by Crippen LogP contribution is -2.04. The van der Waals surface area contributed by atoms with Gasteiger partial charge in [-0.1, -0.05) is 54.1 Å². The summed E-state index contributed by atoms with van der Waals surface area (Å²) in [5.74, 6) is -0.415. The highest BCUT2D eigenvalue weighted by molar-refractivity contribution is 6.41. The summed E-state index contributed by atoms with van der Waals surface area (Å²) in [6.45, 7) is 6.59. The highest BCUT2D eigenvalue weighted by Crippen LogP contribution is 2.29. The zero-order valence-corrected chi connectivity index (χ0v) is 15.6. The second-order valence-electron chi connectivity index (χ2n) is 6.99. The minimum Gasteiger partial charge on any atom is -0.288 e. The van der Waals surface area contributed by atoms with Gasteiger partial charge < -0.3 is 0 Å². The topological polar surface area (TPSA) is 52.0 Å². The van der Waals surface area contributed by atoms with E-state index in [2.05, 4.69) is 36.3 Å². The molecule has 0 saturated heterocycles. The number of ketones is 2. The van der Waals surface area contributed by atoms with Gasteiger partial charge in [-0.2, -0.15) is 5.10 Å². The molecule has 134 valence electrons. The van der Waals surface area contributed by atoms with Crippen molar-refractivity contribution in [3.63, 3.8) is 0 Å². The van der Waals surface area contributed by atoms with Crippen LogP contribution in [0.25, 0.3) is 6.08 Å². The fraction of sp³-hybridized carbons (Fsp3) is 0.174. The second-order valence-corrected chi connectivity index (χ2v) is 6.99. The van der Waals surface area contributed by atoms with Crippen LogP contribution in [0.4, 0.5) is 0 Å². The van der Waals surface area contributed by atoms with Crippen LogP contribution in [0.1, 0.15) is 48.8 Å². The number of aromatic nitrogens is 2. The molecule has 1 heterocycles. The van der Waals surface area contributed by atoms with Gasteiger partial charge >= 0.3 is 0 Å². The molecule has 0 amide bonds. The molecule has 1 aliphatic carbocycles. The molecule has 4 heteroatoms. The second kappa shape index (κ2) is 6.47. The first-order valence-corrected chi connectivity index (χ1v) is 8.95. The summed E-state index contributed by atoms with van der Waals surface area (Å²) in [6.07, 6.45) is 1.70. The highest BCUT2D eigenvalue weighted by atomic mass is 16.2. The van der Waals surface area contributed by atoms with E-state index in [0.717, 1.165) is 22.5 Å². The normalized spacial score (nSPS) is 13.2. The molecule has 0 aliphatic heterocycles. The first-order chi connectivity index (χ1) is 13.0. The van der Waals surface area contributed by atoms with E-state index in [9.17, 15) is 9.59 Å². The molecular weight excluding hydrogens is 336 g/mol. The summed E-state index contributed by atoms with van der Waals surface area (Å²) < 4.78 is 1.92. The molecule has 0 radical (unpaired) electrons. The van der Waals surface area contributed by atoms with E-state index in [4.69, 9.17) is 0 Å². The van der Waals surface area contributed by atoms with Crippen LogP contribution in [-0.4, -0.2) is 21.3 Å². The minimum atomic E-state index is -0.208. The van der Waals surface area contributed by atoms with Crippen LogP contribution in [0.3, 0.4) is 0 Å². The van der Waals surface area contributed by atoms with E-state index >= 15 is 0 Å². The van der Waals surface area contributed by atoms with E-state index < -0.39 is 0 Å². The Hall–Kier alpha value is -3.27. The van der Waals surface area contributed by atoms with E-state index in [1.165, 1.54) is 5.56 Å². The molecule has 4 rings (SSSR count). The van der Waals surface area contributed by atoms with Crippen molar-refractivity contribution in [3.8, 4) is 0 Å². The Labute approximate surface area is 158 Å². The Bertz CT molecular complexity index is 1060. The average Bonchev–Trinajstić information content (AvgIpc) is 3.06. The third-order valence-electron chi connectivity index (χ3n) is 5.08. The zero-order valence-electron chi connectivity index (χ0n) is 15.6. The smallest absolute Gasteiger partial charge is 0.197 e. The summed E-state index contributed by atoms with van der Waals surface area (Å²) in [6, 6.07) is 15.3. The van der Waals surface area contributed by atoms with E-state index in [-0.39, 0.29) is 17.1 Å². The van der Waals surface area contributed by atoms with E-state index in [1.54, 1.807) is 30.3 Å². The number of aryl methyl sites for hydroxylation is 2. The predicted octanol–water partition coefficient (Wildman–Crippen LogP) is 4.32. The van der Waals surface area contributed by atoms with Gasteiger partial charge in [-0.05, 0) is 32.4 Å². The van der Waals surface area contributed by atoms with Crippen LogP contribution in [0.2, 0.25) is 0 Å². The van der Waals surface area contributed by atoms with Gasteiger partial charge in [-0.15, -0.1) is 0 Å². The SMILES string of the molecule is Cc1ccc(Cn2nc(C)c(C=C3C(=O)c4ccccc4C3=O)c2C)cc1. The fourth-order valence-electron chi connectivity index (χ4n) is 3.49. The Balaban J connectivity index is 1.70. The molecule has 1 aromatic heterocycles. The maximum atomic E-state index is 12.6. The van der Waals surface area contributed by atoms with Crippen LogP contribution in [0.15, 0.2) is 54.1 Å². The quantitative estimate of drug-likeness (QED) is 0.519. The van der Waals surface area contributed by atoms with E-state index in [0.29, 0.717) is 17.7 Å². The van der Waals surface area contributed by atoms with Gasteiger partial charge in [0.05, 0.1) is 17.8 Å². The van der Waals surface area contributed by atoms with Gasteiger partial charge in [-0.25, -0.2) is 0 Å². The van der Waals surface area contributed by atoms with Crippen molar-refractivity contribution in [2.75, 3.05) is 0 Å². The number of hydrogen-bond acceptors (Lipinski definition) is 3. The van der Waals surface area contributed by atoms with Crippen LogP contribution >= 0.6 is 0 Å². The van der Waals surface area contributed by atoms with Crippen molar-refractivity contribution in [2.45, 2.75) is 27.3 Å². The number of carbonyl (C=O) groups excluding carboxylic acids is 2. The van der Waals surface area contributed by atoms with Crippen molar-refractivity contribution < 1.29 is 9.59 Å². The van der Waals surface area contributed by atoms with Gasteiger partial charge in [0.1, 0.15) is 0 Å². The molecule has 0 N–H and O–H groups in total. The first-order valence-electron chi connectivity index (χ1n) is 8.95. The summed E-state index contributed by atoms with van der Waals surface area (Å²) >= 11 is 0. The maximum absolute atomic E-state index is 12.6. The van der Waals surface area contributed by atoms with Gasteiger partial charge in [0.2, 0.25) is 0 Å². The van der Waals surface area contributed by atoms with Crippen molar-refractivity contribution in [3.05, 3.63) is 93.3 Å². The monoisotopic (exact) mass is 356 g/mol. The summed E-state index contributed by atoms with van der Waals surface area (Å²) in [5.41, 5.74) is 6.15. The van der Waals surface area contributed by atoms with Gasteiger partial charge in [0, 0.05) is 22.4 Å². The molecule has 3 aromatic rings. The van der Waals surface area contributed by atoms with Crippen molar-refractivity contribution in [1.29, 1.82) is 0 Å². The largest absolute Gasteiger partial charge is 0.288 e.